The predicted molar refractivity (Wildman–Crippen MR) is 105 cm³/mol. The number of nitrogens with zero attached hydrogens (tertiary/aromatic N) is 2. The highest BCUT2D eigenvalue weighted by atomic mass is 79.9. The number of hydrogen-bond donors (Lipinski definition) is 0. The van der Waals surface area contributed by atoms with Crippen LogP contribution in [0.1, 0.15) is 22.4 Å². The monoisotopic (exact) mass is 418 g/mol. The third kappa shape index (κ3) is 5.18. The van der Waals surface area contributed by atoms with E-state index in [9.17, 15) is 0 Å². The maximum atomic E-state index is 2.37. The Morgan fingerprint density at radius 2 is 1.15 bits per heavy atom. The zero-order valence-electron chi connectivity index (χ0n) is 15.2. The molecule has 4 aromatic rings. The maximum Gasteiger partial charge on any atom is 0.244 e. The molecule has 1 aromatic heterocycles. The topological polar surface area (TPSA) is 8.81 Å². The minimum Gasteiger partial charge on any atom is -1.00 e. The zero-order chi connectivity index (χ0) is 17.6. The van der Waals surface area contributed by atoms with Gasteiger partial charge < -0.3 is 17.0 Å². The predicted octanol–water partition coefficient (Wildman–Crippen LogP) is 1.47. The molecule has 2 nitrogen and oxygen atoms in total. The van der Waals surface area contributed by atoms with Crippen LogP contribution in [-0.2, 0) is 19.5 Å². The molecule has 0 aliphatic rings. The fourth-order valence-electron chi connectivity index (χ4n) is 3.31. The van der Waals surface area contributed by atoms with Crippen molar-refractivity contribution in [1.29, 1.82) is 0 Å². The summed E-state index contributed by atoms with van der Waals surface area (Å²) in [6.45, 7) is 1.79. The summed E-state index contributed by atoms with van der Waals surface area (Å²) in [6, 6.07) is 32.0. The van der Waals surface area contributed by atoms with Gasteiger partial charge in [0.2, 0.25) is 6.33 Å². The van der Waals surface area contributed by atoms with Gasteiger partial charge in [-0.15, -0.1) is 0 Å². The summed E-state index contributed by atoms with van der Waals surface area (Å²) in [5, 5.41) is 0. The van der Waals surface area contributed by atoms with Gasteiger partial charge in [0.15, 0.2) is 0 Å². The van der Waals surface area contributed by atoms with Crippen molar-refractivity contribution in [2.24, 2.45) is 0 Å². The average molecular weight is 419 g/mol. The van der Waals surface area contributed by atoms with Gasteiger partial charge in [0.1, 0.15) is 25.0 Å². The Morgan fingerprint density at radius 3 is 1.74 bits per heavy atom. The van der Waals surface area contributed by atoms with Gasteiger partial charge in [0, 0.05) is 6.42 Å². The van der Waals surface area contributed by atoms with Crippen molar-refractivity contribution in [2.75, 3.05) is 0 Å². The van der Waals surface area contributed by atoms with Crippen molar-refractivity contribution in [3.63, 3.8) is 0 Å². The first-order valence-electron chi connectivity index (χ1n) is 9.07. The fourth-order valence-corrected chi connectivity index (χ4v) is 3.31. The lowest BCUT2D eigenvalue weighted by Gasteiger charge is -2.02. The van der Waals surface area contributed by atoms with E-state index in [1.165, 1.54) is 22.4 Å². The third-order valence-electron chi connectivity index (χ3n) is 4.60. The van der Waals surface area contributed by atoms with Crippen LogP contribution < -0.4 is 21.5 Å². The Hall–Kier alpha value is -2.65. The van der Waals surface area contributed by atoms with Gasteiger partial charge in [-0.05, 0) is 16.7 Å². The molecular weight excluding hydrogens is 396 g/mol. The molecule has 0 aliphatic carbocycles. The summed E-state index contributed by atoms with van der Waals surface area (Å²) in [5.74, 6) is 0. The van der Waals surface area contributed by atoms with Crippen molar-refractivity contribution >= 4 is 0 Å². The van der Waals surface area contributed by atoms with Crippen LogP contribution in [0.25, 0.3) is 0 Å². The fraction of sp³-hybridized carbons (Fsp3) is 0.125. The van der Waals surface area contributed by atoms with Gasteiger partial charge in [0.05, 0.1) is 0 Å². The largest absolute Gasteiger partial charge is 1.00 e. The maximum absolute atomic E-state index is 2.37. The van der Waals surface area contributed by atoms with Crippen molar-refractivity contribution in [2.45, 2.75) is 19.5 Å². The van der Waals surface area contributed by atoms with E-state index < -0.39 is 0 Å². The molecule has 0 radical (unpaired) electrons. The molecule has 0 saturated heterocycles. The van der Waals surface area contributed by atoms with E-state index in [0.717, 1.165) is 19.5 Å². The van der Waals surface area contributed by atoms with Crippen molar-refractivity contribution in [3.8, 4) is 0 Å². The quantitative estimate of drug-likeness (QED) is 0.419. The van der Waals surface area contributed by atoms with Crippen LogP contribution in [0.3, 0.4) is 0 Å². The Labute approximate surface area is 171 Å². The SMILES string of the molecule is [Br-].c1ccc(Cc2c[n+](Cc3ccccc3)cn2Cc2ccccc2)cc1. The lowest BCUT2D eigenvalue weighted by atomic mass is 10.1. The summed E-state index contributed by atoms with van der Waals surface area (Å²) in [4.78, 5) is 0. The number of rotatable bonds is 6. The molecule has 4 rings (SSSR count). The van der Waals surface area contributed by atoms with Gasteiger partial charge in [0.25, 0.3) is 0 Å². The molecule has 136 valence electrons. The van der Waals surface area contributed by atoms with Gasteiger partial charge in [-0.2, -0.15) is 0 Å². The van der Waals surface area contributed by atoms with Crippen LogP contribution in [0.15, 0.2) is 104 Å². The molecule has 0 fully saturated rings. The van der Waals surface area contributed by atoms with Crippen molar-refractivity contribution in [1.82, 2.24) is 4.57 Å². The lowest BCUT2D eigenvalue weighted by molar-refractivity contribution is -0.688. The molecule has 0 amide bonds. The van der Waals surface area contributed by atoms with Crippen LogP contribution in [-0.4, -0.2) is 4.57 Å². The third-order valence-corrected chi connectivity index (χ3v) is 4.60. The summed E-state index contributed by atoms with van der Waals surface area (Å²) in [6.07, 6.45) is 5.46. The van der Waals surface area contributed by atoms with E-state index in [4.69, 9.17) is 0 Å². The molecule has 0 aliphatic heterocycles. The zero-order valence-corrected chi connectivity index (χ0v) is 16.8. The molecule has 0 spiro atoms. The molecule has 27 heavy (non-hydrogen) atoms. The summed E-state index contributed by atoms with van der Waals surface area (Å²) >= 11 is 0. The summed E-state index contributed by atoms with van der Waals surface area (Å²) < 4.78 is 4.65. The molecule has 3 heteroatoms. The van der Waals surface area contributed by atoms with Crippen LogP contribution in [0.5, 0.6) is 0 Å². The lowest BCUT2D eigenvalue weighted by Crippen LogP contribution is -3.00. The van der Waals surface area contributed by atoms with E-state index in [1.54, 1.807) is 0 Å². The highest BCUT2D eigenvalue weighted by molar-refractivity contribution is 5.22. The first-order chi connectivity index (χ1) is 12.9. The molecule has 0 bridgehead atoms. The Kier molecular flexibility index (Phi) is 6.61. The van der Waals surface area contributed by atoms with Gasteiger partial charge >= 0.3 is 0 Å². The van der Waals surface area contributed by atoms with Crippen LogP contribution in [0, 0.1) is 0 Å². The van der Waals surface area contributed by atoms with E-state index >= 15 is 0 Å². The van der Waals surface area contributed by atoms with Gasteiger partial charge in [-0.3, -0.25) is 0 Å². The molecule has 0 saturated carbocycles. The Balaban J connectivity index is 0.00000210. The van der Waals surface area contributed by atoms with E-state index in [1.807, 2.05) is 0 Å². The number of hydrogen-bond acceptors (Lipinski definition) is 0. The number of halogens is 1. The normalized spacial score (nSPS) is 10.4. The highest BCUT2D eigenvalue weighted by Gasteiger charge is 2.15. The molecular formula is C24H23BrN2. The molecule has 1 heterocycles. The Morgan fingerprint density at radius 1 is 0.630 bits per heavy atom. The second-order valence-corrected chi connectivity index (χ2v) is 6.67. The molecule has 0 unspecified atom stereocenters. The van der Waals surface area contributed by atoms with E-state index in [2.05, 4.69) is 113 Å². The summed E-state index contributed by atoms with van der Waals surface area (Å²) in [5.41, 5.74) is 5.31. The van der Waals surface area contributed by atoms with E-state index in [-0.39, 0.29) is 17.0 Å². The highest BCUT2D eigenvalue weighted by Crippen LogP contribution is 2.11. The first-order valence-corrected chi connectivity index (χ1v) is 9.07. The second kappa shape index (κ2) is 9.33. The number of benzene rings is 3. The average Bonchev–Trinajstić information content (AvgIpc) is 3.05. The van der Waals surface area contributed by atoms with E-state index in [0.29, 0.717) is 0 Å². The van der Waals surface area contributed by atoms with Gasteiger partial charge in [-0.25, -0.2) is 9.13 Å². The minimum atomic E-state index is 0. The second-order valence-electron chi connectivity index (χ2n) is 6.67. The van der Waals surface area contributed by atoms with Gasteiger partial charge in [-0.1, -0.05) is 91.0 Å². The van der Waals surface area contributed by atoms with Crippen LogP contribution in [0.4, 0.5) is 0 Å². The number of aromatic nitrogens is 2. The molecule has 0 atom stereocenters. The first kappa shape index (κ1) is 19.1. The van der Waals surface area contributed by atoms with Crippen molar-refractivity contribution < 1.29 is 21.5 Å². The van der Waals surface area contributed by atoms with Crippen molar-refractivity contribution in [3.05, 3.63) is 126 Å². The smallest absolute Gasteiger partial charge is 0.244 e. The van der Waals surface area contributed by atoms with Crippen LogP contribution >= 0.6 is 0 Å². The minimum absolute atomic E-state index is 0. The molecule has 0 N–H and O–H groups in total. The Bertz CT molecular complexity index is 889. The summed E-state index contributed by atoms with van der Waals surface area (Å²) in [7, 11) is 0. The number of imidazole rings is 1. The standard InChI is InChI=1S/C24H23N2.BrH/c1-4-10-21(11-5-1)16-24-19-25(17-22-12-6-2-7-13-22)20-26(24)18-23-14-8-3-9-15-23;/h1-15,19-20H,16-18H2;1H/q+1;/p-1. The molecule has 3 aromatic carbocycles. The van der Waals surface area contributed by atoms with Crippen LogP contribution in [0.2, 0.25) is 0 Å².